The number of halogens is 1. The molecule has 0 aliphatic carbocycles. The van der Waals surface area contributed by atoms with Crippen molar-refractivity contribution in [3.8, 4) is 22.9 Å². The number of aryl methyl sites for hydroxylation is 1. The van der Waals surface area contributed by atoms with Crippen molar-refractivity contribution in [2.75, 3.05) is 20.3 Å². The van der Waals surface area contributed by atoms with Crippen molar-refractivity contribution in [2.24, 2.45) is 13.0 Å². The van der Waals surface area contributed by atoms with Crippen LogP contribution >= 0.6 is 0 Å². The Balaban J connectivity index is 2.05. The number of carbonyl (C=O) groups is 1. The number of ether oxygens (including phenoxy) is 2. The van der Waals surface area contributed by atoms with Gasteiger partial charge in [0.05, 0.1) is 12.1 Å². The van der Waals surface area contributed by atoms with E-state index in [-0.39, 0.29) is 24.2 Å². The van der Waals surface area contributed by atoms with Crippen LogP contribution in [-0.2, 0) is 23.1 Å². The van der Waals surface area contributed by atoms with Crippen molar-refractivity contribution in [3.63, 3.8) is 0 Å². The molecule has 7 heteroatoms. The van der Waals surface area contributed by atoms with E-state index in [1.807, 2.05) is 30.3 Å². The highest BCUT2D eigenvalue weighted by atomic mass is 19.1. The van der Waals surface area contributed by atoms with Crippen molar-refractivity contribution in [1.29, 1.82) is 0 Å². The van der Waals surface area contributed by atoms with Gasteiger partial charge in [0.2, 0.25) is 11.8 Å². The van der Waals surface area contributed by atoms with Crippen molar-refractivity contribution in [1.82, 2.24) is 14.7 Å². The van der Waals surface area contributed by atoms with Gasteiger partial charge in [-0.05, 0) is 30.2 Å². The van der Waals surface area contributed by atoms with Crippen molar-refractivity contribution < 1.29 is 18.7 Å². The molecule has 1 aromatic heterocycles. The van der Waals surface area contributed by atoms with Crippen LogP contribution in [0.25, 0.3) is 11.3 Å². The first kappa shape index (κ1) is 22.5. The normalized spacial score (nSPS) is 11.0. The third-order valence-corrected chi connectivity index (χ3v) is 4.72. The standard InChI is InChI=1S/C24H28FN3O3/c1-17(2)14-28(22(29)16-30-4)15-21-23(18-8-6-5-7-9-18)26-27(3)24(21)31-20-12-10-19(25)11-13-20/h5-13,17H,14-16H2,1-4H3. The van der Waals surface area contributed by atoms with E-state index in [9.17, 15) is 9.18 Å². The number of carbonyl (C=O) groups excluding carboxylic acids is 1. The molecule has 0 radical (unpaired) electrons. The molecule has 0 aliphatic heterocycles. The van der Waals surface area contributed by atoms with Crippen molar-refractivity contribution >= 4 is 5.91 Å². The molecule has 2 aromatic carbocycles. The Morgan fingerprint density at radius 1 is 1.13 bits per heavy atom. The molecule has 0 N–H and O–H groups in total. The van der Waals surface area contributed by atoms with E-state index in [1.54, 1.807) is 28.8 Å². The molecule has 1 heterocycles. The highest BCUT2D eigenvalue weighted by molar-refractivity contribution is 5.78. The fourth-order valence-corrected chi connectivity index (χ4v) is 3.37. The Hall–Kier alpha value is -3.19. The molecule has 3 aromatic rings. The minimum atomic E-state index is -0.337. The van der Waals surface area contributed by atoms with E-state index in [0.29, 0.717) is 24.7 Å². The molecular weight excluding hydrogens is 397 g/mol. The molecule has 0 saturated heterocycles. The van der Waals surface area contributed by atoms with Gasteiger partial charge in [0.25, 0.3) is 0 Å². The molecule has 1 amide bonds. The Labute approximate surface area is 182 Å². The van der Waals surface area contributed by atoms with Gasteiger partial charge in [0, 0.05) is 26.3 Å². The third kappa shape index (κ3) is 5.70. The smallest absolute Gasteiger partial charge is 0.248 e. The van der Waals surface area contributed by atoms with Gasteiger partial charge < -0.3 is 14.4 Å². The van der Waals surface area contributed by atoms with Crippen molar-refractivity contribution in [2.45, 2.75) is 20.4 Å². The number of hydrogen-bond donors (Lipinski definition) is 0. The average molecular weight is 426 g/mol. The second-order valence-corrected chi connectivity index (χ2v) is 7.78. The summed E-state index contributed by atoms with van der Waals surface area (Å²) in [6.07, 6.45) is 0. The summed E-state index contributed by atoms with van der Waals surface area (Å²) in [5, 5.41) is 4.68. The summed E-state index contributed by atoms with van der Waals surface area (Å²) in [7, 11) is 3.30. The van der Waals surface area contributed by atoms with E-state index in [0.717, 1.165) is 16.8 Å². The molecular formula is C24H28FN3O3. The summed E-state index contributed by atoms with van der Waals surface area (Å²) in [5.74, 6) is 0.829. The summed E-state index contributed by atoms with van der Waals surface area (Å²) in [4.78, 5) is 14.5. The minimum absolute atomic E-state index is 0.00179. The zero-order valence-corrected chi connectivity index (χ0v) is 18.3. The average Bonchev–Trinajstić information content (AvgIpc) is 3.05. The number of methoxy groups -OCH3 is 1. The molecule has 0 aliphatic rings. The van der Waals surface area contributed by atoms with Crippen LogP contribution in [0.15, 0.2) is 54.6 Å². The van der Waals surface area contributed by atoms with Gasteiger partial charge in [0.15, 0.2) is 0 Å². The molecule has 164 valence electrons. The summed E-state index contributed by atoms with van der Waals surface area (Å²) >= 11 is 0. The largest absolute Gasteiger partial charge is 0.439 e. The number of rotatable bonds is 9. The Morgan fingerprint density at radius 2 is 1.81 bits per heavy atom. The lowest BCUT2D eigenvalue weighted by atomic mass is 10.1. The highest BCUT2D eigenvalue weighted by Gasteiger charge is 2.25. The van der Waals surface area contributed by atoms with Crippen LogP contribution in [0.2, 0.25) is 0 Å². The Morgan fingerprint density at radius 3 is 2.42 bits per heavy atom. The lowest BCUT2D eigenvalue weighted by molar-refractivity contribution is -0.136. The predicted molar refractivity (Wildman–Crippen MR) is 117 cm³/mol. The summed E-state index contributed by atoms with van der Waals surface area (Å²) in [5.41, 5.74) is 2.44. The Bertz CT molecular complexity index is 1000. The van der Waals surface area contributed by atoms with Gasteiger partial charge in [-0.1, -0.05) is 44.2 Å². The third-order valence-electron chi connectivity index (χ3n) is 4.72. The SMILES string of the molecule is COCC(=O)N(Cc1c(-c2ccccc2)nn(C)c1Oc1ccc(F)cc1)CC(C)C. The van der Waals surface area contributed by atoms with E-state index >= 15 is 0 Å². The minimum Gasteiger partial charge on any atom is -0.439 e. The number of benzene rings is 2. The van der Waals surface area contributed by atoms with E-state index in [1.165, 1.54) is 19.2 Å². The molecule has 3 rings (SSSR count). The molecule has 6 nitrogen and oxygen atoms in total. The van der Waals surface area contributed by atoms with Crippen LogP contribution in [0.4, 0.5) is 4.39 Å². The maximum absolute atomic E-state index is 13.3. The van der Waals surface area contributed by atoms with Crippen LogP contribution in [0.3, 0.4) is 0 Å². The summed E-state index contributed by atoms with van der Waals surface area (Å²) < 4.78 is 26.2. The van der Waals surface area contributed by atoms with E-state index in [4.69, 9.17) is 9.47 Å². The van der Waals surface area contributed by atoms with Crippen LogP contribution in [-0.4, -0.2) is 40.8 Å². The zero-order valence-electron chi connectivity index (χ0n) is 18.3. The zero-order chi connectivity index (χ0) is 22.4. The molecule has 31 heavy (non-hydrogen) atoms. The maximum Gasteiger partial charge on any atom is 0.248 e. The topological polar surface area (TPSA) is 56.6 Å². The van der Waals surface area contributed by atoms with Crippen LogP contribution in [0.1, 0.15) is 19.4 Å². The Kier molecular flexibility index (Phi) is 7.41. The first-order valence-corrected chi connectivity index (χ1v) is 10.2. The number of aromatic nitrogens is 2. The number of amides is 1. The molecule has 0 bridgehead atoms. The summed E-state index contributed by atoms with van der Waals surface area (Å²) in [6, 6.07) is 15.6. The monoisotopic (exact) mass is 425 g/mol. The number of hydrogen-bond acceptors (Lipinski definition) is 4. The van der Waals surface area contributed by atoms with E-state index in [2.05, 4.69) is 18.9 Å². The molecule has 0 atom stereocenters. The van der Waals surface area contributed by atoms with Crippen LogP contribution in [0.5, 0.6) is 11.6 Å². The lowest BCUT2D eigenvalue weighted by Gasteiger charge is -2.25. The fraction of sp³-hybridized carbons (Fsp3) is 0.333. The van der Waals surface area contributed by atoms with Gasteiger partial charge in [-0.15, -0.1) is 0 Å². The van der Waals surface area contributed by atoms with Gasteiger partial charge in [-0.3, -0.25) is 4.79 Å². The molecule has 0 unspecified atom stereocenters. The molecule has 0 spiro atoms. The second-order valence-electron chi connectivity index (χ2n) is 7.78. The predicted octanol–water partition coefficient (Wildman–Crippen LogP) is 4.65. The van der Waals surface area contributed by atoms with Crippen LogP contribution in [0, 0.1) is 11.7 Å². The van der Waals surface area contributed by atoms with E-state index < -0.39 is 0 Å². The van der Waals surface area contributed by atoms with Gasteiger partial charge in [0.1, 0.15) is 23.9 Å². The van der Waals surface area contributed by atoms with Gasteiger partial charge in [-0.2, -0.15) is 5.10 Å². The second kappa shape index (κ2) is 10.2. The highest BCUT2D eigenvalue weighted by Crippen LogP contribution is 2.34. The first-order valence-electron chi connectivity index (χ1n) is 10.2. The van der Waals surface area contributed by atoms with Crippen LogP contribution < -0.4 is 4.74 Å². The first-order chi connectivity index (χ1) is 14.9. The molecule has 0 saturated carbocycles. The van der Waals surface area contributed by atoms with Crippen molar-refractivity contribution in [3.05, 3.63) is 66.0 Å². The maximum atomic E-state index is 13.3. The lowest BCUT2D eigenvalue weighted by Crippen LogP contribution is -2.36. The number of nitrogens with zero attached hydrogens (tertiary/aromatic N) is 3. The quantitative estimate of drug-likeness (QED) is 0.501. The fourth-order valence-electron chi connectivity index (χ4n) is 3.37. The summed E-state index contributed by atoms with van der Waals surface area (Å²) in [6.45, 7) is 5.01. The van der Waals surface area contributed by atoms with Gasteiger partial charge >= 0.3 is 0 Å². The molecule has 0 fully saturated rings. The van der Waals surface area contributed by atoms with Gasteiger partial charge in [-0.25, -0.2) is 9.07 Å².